The number of benzene rings is 2. The summed E-state index contributed by atoms with van der Waals surface area (Å²) < 4.78 is 10.3. The van der Waals surface area contributed by atoms with Crippen LogP contribution in [0.1, 0.15) is 34.6 Å². The number of ether oxygens (including phenoxy) is 2. The van der Waals surface area contributed by atoms with E-state index >= 15 is 0 Å². The topological polar surface area (TPSA) is 102 Å². The van der Waals surface area contributed by atoms with Crippen molar-refractivity contribution < 1.29 is 28.7 Å². The van der Waals surface area contributed by atoms with E-state index in [9.17, 15) is 19.2 Å². The Balaban J connectivity index is 1.67. The maximum atomic E-state index is 12.5. The van der Waals surface area contributed by atoms with Crippen molar-refractivity contribution in [3.05, 3.63) is 58.6 Å². The van der Waals surface area contributed by atoms with Crippen molar-refractivity contribution in [2.75, 3.05) is 12.4 Å². The van der Waals surface area contributed by atoms with Crippen LogP contribution >= 0.6 is 11.6 Å². The number of fused-ring (bicyclic) bond motifs is 1. The number of esters is 1. The predicted octanol–water partition coefficient (Wildman–Crippen LogP) is 2.90. The van der Waals surface area contributed by atoms with Gasteiger partial charge in [0.1, 0.15) is 11.8 Å². The Kier molecular flexibility index (Phi) is 6.07. The number of rotatable bonds is 6. The van der Waals surface area contributed by atoms with E-state index in [1.165, 1.54) is 39.2 Å². The van der Waals surface area contributed by atoms with Gasteiger partial charge in [0.2, 0.25) is 0 Å². The number of carbonyl (C=O) groups is 4. The minimum atomic E-state index is -1.20. The number of nitrogens with zero attached hydrogens (tertiary/aromatic N) is 1. The van der Waals surface area contributed by atoms with Crippen LogP contribution in [0.3, 0.4) is 0 Å². The van der Waals surface area contributed by atoms with Gasteiger partial charge in [-0.05, 0) is 44.2 Å². The molecule has 0 spiro atoms. The van der Waals surface area contributed by atoms with E-state index in [1.54, 1.807) is 24.3 Å². The third kappa shape index (κ3) is 3.99. The second-order valence-electron chi connectivity index (χ2n) is 6.61. The zero-order valence-corrected chi connectivity index (χ0v) is 17.2. The standard InChI is InChI=1S/C21H19ClN2O6/c1-11(24-19(26)14-6-4-5-7-15(14)20(24)27)21(28)30-12(2)18(25)23-16-10-13(22)8-9-17(16)29-3/h4-12H,1-3H3,(H,23,25)/t11-,12-/m0/s1. The first-order chi connectivity index (χ1) is 14.2. The lowest BCUT2D eigenvalue weighted by molar-refractivity contribution is -0.156. The molecule has 1 heterocycles. The molecule has 2 aromatic carbocycles. The van der Waals surface area contributed by atoms with Gasteiger partial charge in [0.05, 0.1) is 23.9 Å². The van der Waals surface area contributed by atoms with E-state index in [0.29, 0.717) is 16.5 Å². The van der Waals surface area contributed by atoms with Crippen molar-refractivity contribution in [1.29, 1.82) is 0 Å². The number of nitrogens with one attached hydrogen (secondary N) is 1. The number of anilines is 1. The molecule has 156 valence electrons. The summed E-state index contributed by atoms with van der Waals surface area (Å²) in [6.45, 7) is 2.74. The second-order valence-corrected chi connectivity index (χ2v) is 7.05. The Morgan fingerprint density at radius 3 is 2.20 bits per heavy atom. The van der Waals surface area contributed by atoms with Crippen LogP contribution in [0.5, 0.6) is 5.75 Å². The highest BCUT2D eigenvalue weighted by Crippen LogP contribution is 2.28. The predicted molar refractivity (Wildman–Crippen MR) is 109 cm³/mol. The lowest BCUT2D eigenvalue weighted by Gasteiger charge is -2.23. The molecule has 0 saturated heterocycles. The molecular weight excluding hydrogens is 412 g/mol. The highest BCUT2D eigenvalue weighted by molar-refractivity contribution is 6.31. The Morgan fingerprint density at radius 1 is 1.03 bits per heavy atom. The molecule has 1 aliphatic heterocycles. The molecule has 0 saturated carbocycles. The van der Waals surface area contributed by atoms with E-state index in [0.717, 1.165) is 4.90 Å². The largest absolute Gasteiger partial charge is 0.495 e. The first-order valence-electron chi connectivity index (χ1n) is 9.06. The van der Waals surface area contributed by atoms with Crippen molar-refractivity contribution in [1.82, 2.24) is 4.90 Å². The molecule has 3 amide bonds. The van der Waals surface area contributed by atoms with E-state index < -0.39 is 35.8 Å². The van der Waals surface area contributed by atoms with Gasteiger partial charge in [-0.25, -0.2) is 4.79 Å². The summed E-state index contributed by atoms with van der Waals surface area (Å²) in [6.07, 6.45) is -1.20. The lowest BCUT2D eigenvalue weighted by atomic mass is 10.1. The quantitative estimate of drug-likeness (QED) is 0.558. The minimum Gasteiger partial charge on any atom is -0.495 e. The molecule has 0 radical (unpaired) electrons. The fourth-order valence-electron chi connectivity index (χ4n) is 3.00. The number of hydrogen-bond acceptors (Lipinski definition) is 6. The summed E-state index contributed by atoms with van der Waals surface area (Å²) >= 11 is 5.94. The molecule has 1 aliphatic rings. The van der Waals surface area contributed by atoms with Crippen molar-refractivity contribution in [2.45, 2.75) is 26.0 Å². The molecule has 0 bridgehead atoms. The monoisotopic (exact) mass is 430 g/mol. The van der Waals surface area contributed by atoms with Gasteiger partial charge in [0.25, 0.3) is 17.7 Å². The Labute approximate surface area is 177 Å². The van der Waals surface area contributed by atoms with Gasteiger partial charge in [0.15, 0.2) is 6.10 Å². The van der Waals surface area contributed by atoms with Gasteiger partial charge >= 0.3 is 5.97 Å². The fourth-order valence-corrected chi connectivity index (χ4v) is 3.18. The van der Waals surface area contributed by atoms with Gasteiger partial charge in [-0.1, -0.05) is 23.7 Å². The summed E-state index contributed by atoms with van der Waals surface area (Å²) in [5.41, 5.74) is 0.758. The fraction of sp³-hybridized carbons (Fsp3) is 0.238. The normalized spacial score (nSPS) is 14.7. The molecule has 0 aliphatic carbocycles. The first-order valence-corrected chi connectivity index (χ1v) is 9.44. The smallest absolute Gasteiger partial charge is 0.329 e. The highest BCUT2D eigenvalue weighted by atomic mass is 35.5. The lowest BCUT2D eigenvalue weighted by Crippen LogP contribution is -2.45. The molecule has 0 unspecified atom stereocenters. The van der Waals surface area contributed by atoms with E-state index in [4.69, 9.17) is 21.1 Å². The molecule has 0 fully saturated rings. The van der Waals surface area contributed by atoms with Crippen molar-refractivity contribution in [3.63, 3.8) is 0 Å². The van der Waals surface area contributed by atoms with Crippen molar-refractivity contribution >= 4 is 41.0 Å². The van der Waals surface area contributed by atoms with Crippen LogP contribution in [-0.4, -0.2) is 47.8 Å². The zero-order chi connectivity index (χ0) is 22.0. The number of imide groups is 1. The van der Waals surface area contributed by atoms with Gasteiger partial charge in [-0.2, -0.15) is 0 Å². The van der Waals surface area contributed by atoms with Gasteiger partial charge < -0.3 is 14.8 Å². The van der Waals surface area contributed by atoms with Crippen LogP contribution in [0.4, 0.5) is 5.69 Å². The average Bonchev–Trinajstić information content (AvgIpc) is 2.98. The number of methoxy groups -OCH3 is 1. The first kappa shape index (κ1) is 21.3. The maximum absolute atomic E-state index is 12.5. The molecule has 8 nitrogen and oxygen atoms in total. The van der Waals surface area contributed by atoms with Crippen LogP contribution in [0.15, 0.2) is 42.5 Å². The number of carbonyl (C=O) groups excluding carboxylic acids is 4. The third-order valence-corrected chi connectivity index (χ3v) is 4.87. The number of amides is 3. The molecule has 0 aromatic heterocycles. The molecule has 9 heteroatoms. The Bertz CT molecular complexity index is 1000. The second kappa shape index (κ2) is 8.54. The molecule has 2 atom stereocenters. The Hall–Kier alpha value is -3.39. The van der Waals surface area contributed by atoms with Crippen LogP contribution in [0, 0.1) is 0 Å². The molecule has 30 heavy (non-hydrogen) atoms. The summed E-state index contributed by atoms with van der Waals surface area (Å²) in [4.78, 5) is 50.8. The molecule has 2 aromatic rings. The summed E-state index contributed by atoms with van der Waals surface area (Å²) in [5, 5.41) is 2.96. The molecule has 1 N–H and O–H groups in total. The van der Waals surface area contributed by atoms with Crippen molar-refractivity contribution in [3.8, 4) is 5.75 Å². The van der Waals surface area contributed by atoms with Gasteiger partial charge in [0, 0.05) is 5.02 Å². The summed E-state index contributed by atoms with van der Waals surface area (Å²) in [5.74, 6) is -2.30. The van der Waals surface area contributed by atoms with Crippen LogP contribution in [0.25, 0.3) is 0 Å². The van der Waals surface area contributed by atoms with Crippen LogP contribution in [-0.2, 0) is 14.3 Å². The summed E-state index contributed by atoms with van der Waals surface area (Å²) in [6, 6.07) is 9.77. The highest BCUT2D eigenvalue weighted by Gasteiger charge is 2.41. The zero-order valence-electron chi connectivity index (χ0n) is 16.5. The Morgan fingerprint density at radius 2 is 1.63 bits per heavy atom. The maximum Gasteiger partial charge on any atom is 0.329 e. The molecular formula is C21H19ClN2O6. The van der Waals surface area contributed by atoms with Crippen molar-refractivity contribution in [2.24, 2.45) is 0 Å². The number of halogens is 1. The third-order valence-electron chi connectivity index (χ3n) is 4.64. The minimum absolute atomic E-state index is 0.223. The number of hydrogen-bond donors (Lipinski definition) is 1. The van der Waals surface area contributed by atoms with Crippen LogP contribution < -0.4 is 10.1 Å². The van der Waals surface area contributed by atoms with Gasteiger partial charge in [-0.3, -0.25) is 19.3 Å². The van der Waals surface area contributed by atoms with E-state index in [2.05, 4.69) is 5.32 Å². The van der Waals surface area contributed by atoms with E-state index in [1.807, 2.05) is 0 Å². The van der Waals surface area contributed by atoms with E-state index in [-0.39, 0.29) is 11.1 Å². The average molecular weight is 431 g/mol. The summed E-state index contributed by atoms with van der Waals surface area (Å²) in [7, 11) is 1.44. The van der Waals surface area contributed by atoms with Gasteiger partial charge in [-0.15, -0.1) is 0 Å². The SMILES string of the molecule is COc1ccc(Cl)cc1NC(=O)[C@H](C)OC(=O)[C@H](C)N1C(=O)c2ccccc2C1=O. The van der Waals surface area contributed by atoms with Crippen LogP contribution in [0.2, 0.25) is 5.02 Å². The molecule has 3 rings (SSSR count).